The lowest BCUT2D eigenvalue weighted by Crippen LogP contribution is -2.17. The molecule has 0 saturated heterocycles. The molecule has 1 N–H and O–H groups in total. The van der Waals surface area contributed by atoms with Crippen molar-refractivity contribution in [2.75, 3.05) is 14.2 Å². The second-order valence-corrected chi connectivity index (χ2v) is 5.52. The van der Waals surface area contributed by atoms with E-state index in [4.69, 9.17) is 27.9 Å². The van der Waals surface area contributed by atoms with Gasteiger partial charge in [0.25, 0.3) is 0 Å². The van der Waals surface area contributed by atoms with E-state index < -0.39 is 0 Å². The predicted octanol–water partition coefficient (Wildman–Crippen LogP) is 4.62. The van der Waals surface area contributed by atoms with Gasteiger partial charge >= 0.3 is 0 Å². The van der Waals surface area contributed by atoms with Crippen LogP contribution in [0.2, 0.25) is 10.0 Å². The van der Waals surface area contributed by atoms with Crippen molar-refractivity contribution in [1.82, 2.24) is 5.32 Å². The zero-order valence-corrected chi connectivity index (χ0v) is 13.2. The molecule has 2 nitrogen and oxygen atoms in total. The Morgan fingerprint density at radius 1 is 1.05 bits per heavy atom. The summed E-state index contributed by atoms with van der Waals surface area (Å²) in [6.45, 7) is 2.03. The van der Waals surface area contributed by atoms with E-state index in [1.54, 1.807) is 7.11 Å². The van der Waals surface area contributed by atoms with Crippen LogP contribution in [0.3, 0.4) is 0 Å². The first-order valence-electron chi connectivity index (χ1n) is 6.33. The molecule has 0 fully saturated rings. The number of benzene rings is 2. The van der Waals surface area contributed by atoms with E-state index in [1.165, 1.54) is 0 Å². The Morgan fingerprint density at radius 3 is 2.35 bits per heavy atom. The van der Waals surface area contributed by atoms with Gasteiger partial charge in [-0.1, -0.05) is 35.3 Å². The van der Waals surface area contributed by atoms with E-state index in [1.807, 2.05) is 44.3 Å². The summed E-state index contributed by atoms with van der Waals surface area (Å²) >= 11 is 12.3. The third-order valence-corrected chi connectivity index (χ3v) is 3.71. The van der Waals surface area contributed by atoms with Gasteiger partial charge in [-0.3, -0.25) is 0 Å². The number of nitrogens with one attached hydrogen (secondary N) is 1. The van der Waals surface area contributed by atoms with Gasteiger partial charge in [-0.15, -0.1) is 0 Å². The summed E-state index contributed by atoms with van der Waals surface area (Å²) in [5, 5.41) is 4.63. The quantitative estimate of drug-likeness (QED) is 0.890. The monoisotopic (exact) mass is 309 g/mol. The van der Waals surface area contributed by atoms with Crippen molar-refractivity contribution in [1.29, 1.82) is 0 Å². The van der Waals surface area contributed by atoms with Crippen molar-refractivity contribution < 1.29 is 4.74 Å². The summed E-state index contributed by atoms with van der Waals surface area (Å²) in [4.78, 5) is 0. The van der Waals surface area contributed by atoms with Crippen LogP contribution < -0.4 is 10.1 Å². The summed E-state index contributed by atoms with van der Waals surface area (Å²) in [6, 6.07) is 11.9. The summed E-state index contributed by atoms with van der Waals surface area (Å²) in [6.07, 6.45) is 0. The lowest BCUT2D eigenvalue weighted by atomic mass is 9.97. The van der Waals surface area contributed by atoms with E-state index in [9.17, 15) is 0 Å². The zero-order valence-electron chi connectivity index (χ0n) is 11.7. The maximum atomic E-state index is 6.20. The Morgan fingerprint density at radius 2 is 1.80 bits per heavy atom. The van der Waals surface area contributed by atoms with E-state index in [-0.39, 0.29) is 6.04 Å². The first-order chi connectivity index (χ1) is 9.55. The number of ether oxygens (including phenoxy) is 1. The minimum absolute atomic E-state index is 0.0378. The Bertz CT molecular complexity index is 593. The van der Waals surface area contributed by atoms with Crippen molar-refractivity contribution in [3.05, 3.63) is 63.1 Å². The molecule has 0 spiro atoms. The summed E-state index contributed by atoms with van der Waals surface area (Å²) in [5.74, 6) is 0.674. The van der Waals surface area contributed by atoms with E-state index in [0.717, 1.165) is 21.7 Å². The van der Waals surface area contributed by atoms with Crippen LogP contribution in [-0.2, 0) is 0 Å². The van der Waals surface area contributed by atoms with E-state index in [0.29, 0.717) is 10.8 Å². The van der Waals surface area contributed by atoms with E-state index in [2.05, 4.69) is 11.4 Å². The number of hydrogen-bond donors (Lipinski definition) is 1. The molecule has 0 radical (unpaired) electrons. The molecule has 0 amide bonds. The number of rotatable bonds is 4. The van der Waals surface area contributed by atoms with Gasteiger partial charge in [-0.25, -0.2) is 0 Å². The lowest BCUT2D eigenvalue weighted by Gasteiger charge is -2.19. The van der Waals surface area contributed by atoms with Gasteiger partial charge in [0.15, 0.2) is 0 Å². The highest BCUT2D eigenvalue weighted by molar-refractivity contribution is 6.32. The molecule has 2 aromatic rings. The maximum Gasteiger partial charge on any atom is 0.137 e. The van der Waals surface area contributed by atoms with E-state index >= 15 is 0 Å². The topological polar surface area (TPSA) is 21.3 Å². The number of hydrogen-bond acceptors (Lipinski definition) is 2. The average Bonchev–Trinajstić information content (AvgIpc) is 2.38. The van der Waals surface area contributed by atoms with Crippen molar-refractivity contribution in [2.24, 2.45) is 0 Å². The molecule has 0 aliphatic heterocycles. The highest BCUT2D eigenvalue weighted by Crippen LogP contribution is 2.31. The molecule has 0 aliphatic rings. The minimum Gasteiger partial charge on any atom is -0.495 e. The molecular weight excluding hydrogens is 293 g/mol. The highest BCUT2D eigenvalue weighted by Gasteiger charge is 2.14. The zero-order chi connectivity index (χ0) is 14.7. The van der Waals surface area contributed by atoms with Gasteiger partial charge in [0, 0.05) is 5.02 Å². The molecule has 106 valence electrons. The van der Waals surface area contributed by atoms with Gasteiger partial charge in [0.2, 0.25) is 0 Å². The fourth-order valence-corrected chi connectivity index (χ4v) is 2.88. The van der Waals surface area contributed by atoms with Crippen molar-refractivity contribution in [3.63, 3.8) is 0 Å². The third kappa shape index (κ3) is 3.26. The molecule has 0 bridgehead atoms. The van der Waals surface area contributed by atoms with Crippen LogP contribution in [0.1, 0.15) is 22.7 Å². The van der Waals surface area contributed by atoms with Crippen molar-refractivity contribution >= 4 is 23.2 Å². The Balaban J connectivity index is 2.44. The molecule has 20 heavy (non-hydrogen) atoms. The third-order valence-electron chi connectivity index (χ3n) is 3.20. The standard InChI is InChI=1S/C16H17Cl2NO/c1-10-6-12(8-13(17)7-10)16(19-2)11-4-5-15(20-3)14(18)9-11/h4-9,16,19H,1-3H3. The Kier molecular flexibility index (Phi) is 4.92. The molecule has 0 saturated carbocycles. The van der Waals surface area contributed by atoms with Crippen molar-refractivity contribution in [2.45, 2.75) is 13.0 Å². The van der Waals surface area contributed by atoms with Crippen LogP contribution in [0, 0.1) is 6.92 Å². The van der Waals surface area contributed by atoms with Crippen LogP contribution in [0.5, 0.6) is 5.75 Å². The molecule has 2 aromatic carbocycles. The number of methoxy groups -OCH3 is 1. The fourth-order valence-electron chi connectivity index (χ4n) is 2.32. The van der Waals surface area contributed by atoms with Gasteiger partial charge in [-0.05, 0) is 54.9 Å². The summed E-state index contributed by atoms with van der Waals surface area (Å²) < 4.78 is 5.18. The van der Waals surface area contributed by atoms with Gasteiger partial charge < -0.3 is 10.1 Å². The van der Waals surface area contributed by atoms with Crippen LogP contribution >= 0.6 is 23.2 Å². The summed E-state index contributed by atoms with van der Waals surface area (Å²) in [5.41, 5.74) is 3.31. The second kappa shape index (κ2) is 6.49. The second-order valence-electron chi connectivity index (χ2n) is 4.68. The smallest absolute Gasteiger partial charge is 0.137 e. The normalized spacial score (nSPS) is 12.2. The molecule has 0 heterocycles. The molecule has 1 unspecified atom stereocenters. The molecule has 4 heteroatoms. The minimum atomic E-state index is 0.0378. The van der Waals surface area contributed by atoms with Gasteiger partial charge in [0.1, 0.15) is 5.75 Å². The Hall–Kier alpha value is -1.22. The van der Waals surface area contributed by atoms with Gasteiger partial charge in [0.05, 0.1) is 18.2 Å². The number of halogens is 2. The predicted molar refractivity (Wildman–Crippen MR) is 85.1 cm³/mol. The molecule has 0 aromatic heterocycles. The first-order valence-corrected chi connectivity index (χ1v) is 7.08. The SMILES string of the molecule is CNC(c1cc(C)cc(Cl)c1)c1ccc(OC)c(Cl)c1. The fraction of sp³-hybridized carbons (Fsp3) is 0.250. The Labute approximate surface area is 129 Å². The van der Waals surface area contributed by atoms with Crippen LogP contribution in [-0.4, -0.2) is 14.2 Å². The molecule has 1 atom stereocenters. The van der Waals surface area contributed by atoms with Gasteiger partial charge in [-0.2, -0.15) is 0 Å². The van der Waals surface area contributed by atoms with Crippen LogP contribution in [0.15, 0.2) is 36.4 Å². The average molecular weight is 310 g/mol. The molecule has 0 aliphatic carbocycles. The highest BCUT2D eigenvalue weighted by atomic mass is 35.5. The molecular formula is C16H17Cl2NO. The summed E-state index contributed by atoms with van der Waals surface area (Å²) in [7, 11) is 3.52. The lowest BCUT2D eigenvalue weighted by molar-refractivity contribution is 0.414. The van der Waals surface area contributed by atoms with Crippen LogP contribution in [0.25, 0.3) is 0 Å². The number of aryl methyl sites for hydroxylation is 1. The maximum absolute atomic E-state index is 6.20. The largest absolute Gasteiger partial charge is 0.495 e. The van der Waals surface area contributed by atoms with Crippen molar-refractivity contribution in [3.8, 4) is 5.75 Å². The van der Waals surface area contributed by atoms with Crippen LogP contribution in [0.4, 0.5) is 0 Å². The molecule has 2 rings (SSSR count). The first kappa shape index (κ1) is 15.2.